The van der Waals surface area contributed by atoms with Crippen molar-refractivity contribution in [3.63, 3.8) is 0 Å². The molecule has 0 spiro atoms. The Hall–Kier alpha value is -3.92. The monoisotopic (exact) mass is 555 g/mol. The molecule has 0 fully saturated rings. The smallest absolute Gasteiger partial charge is 0.410 e. The Bertz CT molecular complexity index is 1380. The lowest BCUT2D eigenvalue weighted by Gasteiger charge is -2.24. The number of halogens is 2. The molecule has 0 radical (unpaired) electrons. The highest BCUT2D eigenvalue weighted by Gasteiger charge is 2.22. The fourth-order valence-electron chi connectivity index (χ4n) is 3.93. The summed E-state index contributed by atoms with van der Waals surface area (Å²) in [5.74, 6) is 0.194. The number of amides is 2. The molecule has 0 saturated heterocycles. The number of fused-ring (bicyclic) bond motifs is 1. The van der Waals surface area contributed by atoms with Crippen LogP contribution >= 0.6 is 11.6 Å². The molecule has 0 atom stereocenters. The van der Waals surface area contributed by atoms with Crippen LogP contribution in [-0.4, -0.2) is 65.8 Å². The third kappa shape index (κ3) is 7.14. The highest BCUT2D eigenvalue weighted by molar-refractivity contribution is 6.30. The van der Waals surface area contributed by atoms with Crippen LogP contribution in [0.4, 0.5) is 15.0 Å². The van der Waals surface area contributed by atoms with Crippen LogP contribution in [0, 0.1) is 5.82 Å². The van der Waals surface area contributed by atoms with Gasteiger partial charge in [-0.25, -0.2) is 14.2 Å². The van der Waals surface area contributed by atoms with Gasteiger partial charge in [-0.15, -0.1) is 0 Å². The van der Waals surface area contributed by atoms with E-state index in [1.54, 1.807) is 25.4 Å². The van der Waals surface area contributed by atoms with E-state index >= 15 is 0 Å². The van der Waals surface area contributed by atoms with Gasteiger partial charge in [-0.2, -0.15) is 0 Å². The maximum absolute atomic E-state index is 14.7. The van der Waals surface area contributed by atoms with Gasteiger partial charge in [0.05, 0.1) is 17.8 Å². The van der Waals surface area contributed by atoms with Crippen LogP contribution in [0.3, 0.4) is 0 Å². The summed E-state index contributed by atoms with van der Waals surface area (Å²) in [7, 11) is 1.65. The van der Waals surface area contributed by atoms with Crippen molar-refractivity contribution >= 4 is 29.4 Å². The molecule has 1 aromatic carbocycles. The number of rotatable bonds is 7. The van der Waals surface area contributed by atoms with Crippen LogP contribution < -0.4 is 15.4 Å². The van der Waals surface area contributed by atoms with Crippen LogP contribution in [0.15, 0.2) is 42.7 Å². The number of carbonyl (C=O) groups excluding carboxylic acids is 2. The van der Waals surface area contributed by atoms with Crippen molar-refractivity contribution in [3.8, 4) is 28.1 Å². The summed E-state index contributed by atoms with van der Waals surface area (Å²) in [5.41, 5.74) is 1.61. The Morgan fingerprint density at radius 2 is 2.00 bits per heavy atom. The zero-order valence-electron chi connectivity index (χ0n) is 22.3. The number of nitrogens with one attached hydrogen (secondary N) is 2. The first-order chi connectivity index (χ1) is 18.5. The maximum Gasteiger partial charge on any atom is 0.410 e. The van der Waals surface area contributed by atoms with Gasteiger partial charge in [0.15, 0.2) is 11.6 Å². The molecule has 0 unspecified atom stereocenters. The van der Waals surface area contributed by atoms with Crippen LogP contribution in [0.25, 0.3) is 22.4 Å². The van der Waals surface area contributed by atoms with E-state index in [1.165, 1.54) is 29.3 Å². The molecule has 1 aliphatic heterocycles. The van der Waals surface area contributed by atoms with Crippen LogP contribution in [-0.2, 0) is 4.74 Å². The summed E-state index contributed by atoms with van der Waals surface area (Å²) in [4.78, 5) is 35.3. The average Bonchev–Trinajstić information content (AvgIpc) is 2.90. The molecule has 2 aromatic heterocycles. The average molecular weight is 556 g/mol. The van der Waals surface area contributed by atoms with E-state index in [0.29, 0.717) is 71.6 Å². The van der Waals surface area contributed by atoms with E-state index < -0.39 is 17.5 Å². The molecule has 39 heavy (non-hydrogen) atoms. The van der Waals surface area contributed by atoms with Crippen molar-refractivity contribution in [1.29, 1.82) is 0 Å². The van der Waals surface area contributed by atoms with Gasteiger partial charge in [-0.05, 0) is 57.5 Å². The molecule has 0 bridgehead atoms. The Morgan fingerprint density at radius 3 is 2.77 bits per heavy atom. The van der Waals surface area contributed by atoms with Crippen molar-refractivity contribution in [2.24, 2.45) is 0 Å². The van der Waals surface area contributed by atoms with Crippen LogP contribution in [0.2, 0.25) is 5.02 Å². The number of hydrogen-bond acceptors (Lipinski definition) is 7. The maximum atomic E-state index is 14.7. The van der Waals surface area contributed by atoms with Gasteiger partial charge in [-0.1, -0.05) is 11.6 Å². The van der Waals surface area contributed by atoms with Crippen molar-refractivity contribution < 1.29 is 23.5 Å². The molecule has 3 heterocycles. The minimum atomic E-state index is -0.574. The number of pyridine rings is 2. The topological polar surface area (TPSA) is 106 Å². The lowest BCUT2D eigenvalue weighted by atomic mass is 10.0. The largest absolute Gasteiger partial charge is 0.487 e. The summed E-state index contributed by atoms with van der Waals surface area (Å²) in [5, 5.41) is 6.43. The molecular weight excluding hydrogens is 525 g/mol. The Kier molecular flexibility index (Phi) is 8.54. The quantitative estimate of drug-likeness (QED) is 0.376. The van der Waals surface area contributed by atoms with Gasteiger partial charge in [0.25, 0.3) is 5.91 Å². The molecule has 0 saturated carbocycles. The summed E-state index contributed by atoms with van der Waals surface area (Å²) in [6.07, 6.45) is 3.20. The first-order valence-corrected chi connectivity index (χ1v) is 12.9. The summed E-state index contributed by atoms with van der Waals surface area (Å²) in [6.45, 7) is 7.17. The first-order valence-electron chi connectivity index (χ1n) is 12.6. The third-order valence-corrected chi connectivity index (χ3v) is 6.03. The summed E-state index contributed by atoms with van der Waals surface area (Å²) >= 11 is 6.12. The van der Waals surface area contributed by atoms with E-state index in [9.17, 15) is 14.0 Å². The molecule has 0 aliphatic carbocycles. The molecule has 11 heteroatoms. The SMILES string of the molecule is CN(CCCNC(=O)c1cncc(-c2cc(-c3cc(Cl)ccc3F)nc3c2OCCN3)c1)C(=O)OC(C)(C)C. The highest BCUT2D eigenvalue weighted by atomic mass is 35.5. The predicted octanol–water partition coefficient (Wildman–Crippen LogP) is 5.39. The third-order valence-electron chi connectivity index (χ3n) is 5.79. The van der Waals surface area contributed by atoms with Gasteiger partial charge >= 0.3 is 6.09 Å². The van der Waals surface area contributed by atoms with Crippen LogP contribution in [0.1, 0.15) is 37.6 Å². The van der Waals surface area contributed by atoms with E-state index in [0.717, 1.165) is 0 Å². The van der Waals surface area contributed by atoms with Crippen molar-refractivity contribution in [2.45, 2.75) is 32.8 Å². The number of benzene rings is 1. The van der Waals surface area contributed by atoms with E-state index in [4.69, 9.17) is 21.1 Å². The Balaban J connectivity index is 1.50. The standard InChI is InChI=1S/C28H31ClFN5O4/c1-28(2,3)39-27(37)35(4)10-5-8-33-26(36)18-12-17(15-31-16-18)20-14-23(21-13-19(29)6-7-22(21)30)34-25-24(20)38-11-9-32-25/h6-7,12-16H,5,8-11H2,1-4H3,(H,32,34)(H,33,36). The minimum Gasteiger partial charge on any atom is -0.487 e. The van der Waals surface area contributed by atoms with Gasteiger partial charge < -0.3 is 25.0 Å². The van der Waals surface area contributed by atoms with Gasteiger partial charge in [0.1, 0.15) is 18.0 Å². The first kappa shape index (κ1) is 28.1. The molecular formula is C28H31ClFN5O4. The fraction of sp³-hybridized carbons (Fsp3) is 0.357. The van der Waals surface area contributed by atoms with Gasteiger partial charge in [-0.3, -0.25) is 9.78 Å². The lowest BCUT2D eigenvalue weighted by molar-refractivity contribution is 0.0297. The lowest BCUT2D eigenvalue weighted by Crippen LogP contribution is -2.36. The summed E-state index contributed by atoms with van der Waals surface area (Å²) < 4.78 is 25.9. The Labute approximate surface area is 231 Å². The second-order valence-corrected chi connectivity index (χ2v) is 10.5. The molecule has 1 aliphatic rings. The zero-order chi connectivity index (χ0) is 28.2. The number of carbonyl (C=O) groups is 2. The second kappa shape index (κ2) is 11.9. The van der Waals surface area contributed by atoms with Gasteiger partial charge in [0, 0.05) is 54.2 Å². The zero-order valence-corrected chi connectivity index (χ0v) is 23.1. The minimum absolute atomic E-state index is 0.247. The van der Waals surface area contributed by atoms with Crippen molar-refractivity contribution in [3.05, 3.63) is 59.1 Å². The van der Waals surface area contributed by atoms with Crippen molar-refractivity contribution in [1.82, 2.24) is 20.2 Å². The van der Waals surface area contributed by atoms with E-state index in [1.807, 2.05) is 20.8 Å². The highest BCUT2D eigenvalue weighted by Crippen LogP contribution is 2.40. The van der Waals surface area contributed by atoms with E-state index in [-0.39, 0.29) is 11.5 Å². The second-order valence-electron chi connectivity index (χ2n) is 10.1. The number of hydrogen-bond donors (Lipinski definition) is 2. The molecule has 9 nitrogen and oxygen atoms in total. The summed E-state index contributed by atoms with van der Waals surface area (Å²) in [6, 6.07) is 7.68. The molecule has 206 valence electrons. The Morgan fingerprint density at radius 1 is 1.21 bits per heavy atom. The molecule has 2 N–H and O–H groups in total. The number of anilines is 1. The number of aromatic nitrogens is 2. The van der Waals surface area contributed by atoms with E-state index in [2.05, 4.69) is 20.6 Å². The fourth-order valence-corrected chi connectivity index (χ4v) is 4.10. The predicted molar refractivity (Wildman–Crippen MR) is 148 cm³/mol. The number of ether oxygens (including phenoxy) is 2. The molecule has 4 rings (SSSR count). The number of nitrogens with zero attached hydrogens (tertiary/aromatic N) is 3. The van der Waals surface area contributed by atoms with Crippen LogP contribution in [0.5, 0.6) is 5.75 Å². The van der Waals surface area contributed by atoms with Gasteiger partial charge in [0.2, 0.25) is 0 Å². The molecule has 3 aromatic rings. The molecule has 2 amide bonds. The van der Waals surface area contributed by atoms with Crippen molar-refractivity contribution in [2.75, 3.05) is 38.6 Å². The normalized spacial score (nSPS) is 12.6.